The Hall–Kier alpha value is -4.73. The molecule has 1 fully saturated rings. The number of aromatic nitrogens is 4. The number of methoxy groups -OCH3 is 1. The zero-order chi connectivity index (χ0) is 38.4. The van der Waals surface area contributed by atoms with E-state index in [1.165, 1.54) is 66.1 Å². The van der Waals surface area contributed by atoms with E-state index in [4.69, 9.17) is 16.3 Å². The van der Waals surface area contributed by atoms with Crippen molar-refractivity contribution in [2.45, 2.75) is 33.0 Å². The van der Waals surface area contributed by atoms with Crippen LogP contribution in [0.1, 0.15) is 46.4 Å². The second-order valence-electron chi connectivity index (χ2n) is 13.2. The molecule has 1 atom stereocenters. The summed E-state index contributed by atoms with van der Waals surface area (Å²) in [6, 6.07) is 7.17. The number of amides is 3. The standard InChI is InChI=1S/C37H44ClF3N8O4/c1-6-23(11-12-45(2)3)36(51)47-13-15-48(16-14-47)37(52)26-8-7-24(19-29(26)38)43-35(50)34-42-21-31(46(34)4)27-10-9-25(32(40)33(27)41)28-22-49(17-18-53-5)44-30(28)20-39/h7-10,19,21-23H,6,11-18,20H2,1-5H3,(H,43,50). The SMILES string of the molecule is CCC(CCN(C)C)C(=O)N1CCN(C(=O)c2ccc(NC(=O)c3ncc(-c4ccc(-c5cn(CCOC)nc5CF)c(F)c4F)n3C)cc2Cl)CC1. The number of nitrogens with one attached hydrogen (secondary N) is 1. The third kappa shape index (κ3) is 8.74. The van der Waals surface area contributed by atoms with Crippen LogP contribution < -0.4 is 5.32 Å². The summed E-state index contributed by atoms with van der Waals surface area (Å²) in [5, 5.41) is 6.91. The van der Waals surface area contributed by atoms with Gasteiger partial charge in [0.05, 0.1) is 35.6 Å². The molecule has 12 nitrogen and oxygen atoms in total. The molecule has 0 spiro atoms. The van der Waals surface area contributed by atoms with Crippen molar-refractivity contribution in [1.82, 2.24) is 34.0 Å². The van der Waals surface area contributed by atoms with Gasteiger partial charge >= 0.3 is 0 Å². The van der Waals surface area contributed by atoms with Gasteiger partial charge in [0.2, 0.25) is 5.91 Å². The van der Waals surface area contributed by atoms with E-state index in [1.807, 2.05) is 25.9 Å². The molecule has 1 N–H and O–H groups in total. The third-order valence-electron chi connectivity index (χ3n) is 9.43. The molecule has 2 aromatic carbocycles. The highest BCUT2D eigenvalue weighted by molar-refractivity contribution is 6.34. The number of hydrogen-bond acceptors (Lipinski definition) is 7. The van der Waals surface area contributed by atoms with Crippen molar-refractivity contribution in [1.29, 1.82) is 0 Å². The largest absolute Gasteiger partial charge is 0.383 e. The minimum absolute atomic E-state index is 0.0353. The zero-order valence-electron chi connectivity index (χ0n) is 30.5. The predicted molar refractivity (Wildman–Crippen MR) is 195 cm³/mol. The topological polar surface area (TPSA) is 118 Å². The van der Waals surface area contributed by atoms with Crippen LogP contribution in [0.3, 0.4) is 0 Å². The lowest BCUT2D eigenvalue weighted by atomic mass is 10.00. The Morgan fingerprint density at radius 2 is 1.70 bits per heavy atom. The summed E-state index contributed by atoms with van der Waals surface area (Å²) in [4.78, 5) is 49.4. The van der Waals surface area contributed by atoms with Gasteiger partial charge in [-0.1, -0.05) is 24.6 Å². The highest BCUT2D eigenvalue weighted by Gasteiger charge is 2.30. The smallest absolute Gasteiger partial charge is 0.291 e. The summed E-state index contributed by atoms with van der Waals surface area (Å²) in [6.45, 7) is 4.08. The van der Waals surface area contributed by atoms with E-state index < -0.39 is 24.2 Å². The van der Waals surface area contributed by atoms with Gasteiger partial charge in [-0.2, -0.15) is 5.10 Å². The Morgan fingerprint density at radius 1 is 1.02 bits per heavy atom. The van der Waals surface area contributed by atoms with Gasteiger partial charge in [-0.05, 0) is 57.7 Å². The van der Waals surface area contributed by atoms with Gasteiger partial charge in [-0.25, -0.2) is 18.2 Å². The number of halogens is 4. The summed E-state index contributed by atoms with van der Waals surface area (Å²) < 4.78 is 52.4. The van der Waals surface area contributed by atoms with E-state index in [0.717, 1.165) is 19.4 Å². The summed E-state index contributed by atoms with van der Waals surface area (Å²) in [7, 11) is 6.95. The Kier molecular flexibility index (Phi) is 13.0. The van der Waals surface area contributed by atoms with E-state index in [-0.39, 0.29) is 67.9 Å². The molecule has 16 heteroatoms. The summed E-state index contributed by atoms with van der Waals surface area (Å²) in [5.41, 5.74) is 0.439. The molecule has 1 aliphatic heterocycles. The number of nitrogens with zero attached hydrogens (tertiary/aromatic N) is 7. The molecular formula is C37H44ClF3N8O4. The fourth-order valence-corrected chi connectivity index (χ4v) is 6.60. The van der Waals surface area contributed by atoms with E-state index in [1.54, 1.807) is 4.90 Å². The lowest BCUT2D eigenvalue weighted by Gasteiger charge is -2.36. The van der Waals surface area contributed by atoms with Crippen molar-refractivity contribution < 1.29 is 32.3 Å². The Balaban J connectivity index is 1.24. The molecule has 0 bridgehead atoms. The van der Waals surface area contributed by atoms with Gasteiger partial charge in [0, 0.05) is 74.8 Å². The van der Waals surface area contributed by atoms with E-state index in [0.29, 0.717) is 39.3 Å². The summed E-state index contributed by atoms with van der Waals surface area (Å²) in [6.07, 6.45) is 4.22. The van der Waals surface area contributed by atoms with Crippen LogP contribution in [0.4, 0.5) is 18.9 Å². The van der Waals surface area contributed by atoms with Gasteiger partial charge in [0.25, 0.3) is 11.8 Å². The van der Waals surface area contributed by atoms with E-state index in [9.17, 15) is 18.8 Å². The fourth-order valence-electron chi connectivity index (χ4n) is 6.34. The summed E-state index contributed by atoms with van der Waals surface area (Å²) in [5.74, 6) is -3.38. The molecule has 5 rings (SSSR count). The summed E-state index contributed by atoms with van der Waals surface area (Å²) >= 11 is 6.52. The van der Waals surface area contributed by atoms with Crippen molar-refractivity contribution in [3.8, 4) is 22.4 Å². The average molecular weight is 757 g/mol. The normalized spacial score (nSPS) is 13.8. The van der Waals surface area contributed by atoms with Crippen LogP contribution in [-0.2, 0) is 29.8 Å². The van der Waals surface area contributed by atoms with Gasteiger partial charge in [0.1, 0.15) is 12.4 Å². The first-order chi connectivity index (χ1) is 25.4. The average Bonchev–Trinajstić information content (AvgIpc) is 3.74. The number of hydrogen-bond donors (Lipinski definition) is 1. The van der Waals surface area contributed by atoms with Crippen molar-refractivity contribution >= 4 is 35.0 Å². The minimum Gasteiger partial charge on any atom is -0.383 e. The van der Waals surface area contributed by atoms with E-state index >= 15 is 8.78 Å². The molecule has 53 heavy (non-hydrogen) atoms. The van der Waals surface area contributed by atoms with Gasteiger partial charge in [-0.3, -0.25) is 19.1 Å². The number of alkyl halides is 1. The zero-order valence-corrected chi connectivity index (χ0v) is 31.2. The Labute approximate surface area is 311 Å². The minimum atomic E-state index is -1.20. The number of imidazole rings is 1. The number of rotatable bonds is 14. The quantitative estimate of drug-likeness (QED) is 0.180. The van der Waals surface area contributed by atoms with Crippen molar-refractivity contribution in [3.63, 3.8) is 0 Å². The van der Waals surface area contributed by atoms with Crippen molar-refractivity contribution in [2.24, 2.45) is 13.0 Å². The monoisotopic (exact) mass is 756 g/mol. The van der Waals surface area contributed by atoms with Gasteiger partial charge < -0.3 is 29.3 Å². The Morgan fingerprint density at radius 3 is 2.34 bits per heavy atom. The molecule has 3 heterocycles. The molecule has 1 saturated heterocycles. The maximum atomic E-state index is 15.5. The van der Waals surface area contributed by atoms with Crippen molar-refractivity contribution in [2.75, 3.05) is 65.9 Å². The third-order valence-corrected chi connectivity index (χ3v) is 9.74. The maximum absolute atomic E-state index is 15.5. The van der Waals surface area contributed by atoms with Crippen LogP contribution in [0.15, 0.2) is 42.7 Å². The van der Waals surface area contributed by atoms with Gasteiger partial charge in [-0.15, -0.1) is 0 Å². The molecule has 4 aromatic rings. The second kappa shape index (κ2) is 17.4. The molecule has 0 saturated carbocycles. The van der Waals surface area contributed by atoms with Crippen LogP contribution in [0.2, 0.25) is 5.02 Å². The van der Waals surface area contributed by atoms with Crippen LogP contribution in [-0.4, -0.2) is 112 Å². The number of carbonyl (C=O) groups excluding carboxylic acids is 3. The molecule has 284 valence electrons. The predicted octanol–water partition coefficient (Wildman–Crippen LogP) is 5.51. The van der Waals surface area contributed by atoms with E-state index in [2.05, 4.69) is 20.3 Å². The first kappa shape index (κ1) is 39.5. The highest BCUT2D eigenvalue weighted by atomic mass is 35.5. The van der Waals surface area contributed by atoms with Gasteiger partial charge in [0.15, 0.2) is 17.5 Å². The van der Waals surface area contributed by atoms with Crippen molar-refractivity contribution in [3.05, 3.63) is 76.5 Å². The lowest BCUT2D eigenvalue weighted by Crippen LogP contribution is -2.52. The molecule has 3 amide bonds. The molecule has 0 aliphatic carbocycles. The molecule has 0 radical (unpaired) electrons. The number of ether oxygens (including phenoxy) is 1. The van der Waals surface area contributed by atoms with Crippen LogP contribution in [0, 0.1) is 17.6 Å². The molecular weight excluding hydrogens is 713 g/mol. The molecule has 1 aliphatic rings. The Bertz CT molecular complexity index is 1960. The number of piperazine rings is 1. The molecule has 1 unspecified atom stereocenters. The fraction of sp³-hybridized carbons (Fsp3) is 0.432. The van der Waals surface area contributed by atoms with Crippen LogP contribution in [0.5, 0.6) is 0 Å². The van der Waals surface area contributed by atoms with Crippen LogP contribution in [0.25, 0.3) is 22.4 Å². The number of benzene rings is 2. The molecule has 2 aromatic heterocycles. The first-order valence-electron chi connectivity index (χ1n) is 17.3. The second-order valence-corrected chi connectivity index (χ2v) is 13.6. The maximum Gasteiger partial charge on any atom is 0.291 e. The first-order valence-corrected chi connectivity index (χ1v) is 17.7. The number of anilines is 1. The number of carbonyl (C=O) groups is 3. The lowest BCUT2D eigenvalue weighted by molar-refractivity contribution is -0.137. The van der Waals surface area contributed by atoms with Crippen LogP contribution >= 0.6 is 11.6 Å². The highest BCUT2D eigenvalue weighted by Crippen LogP contribution is 2.34.